The van der Waals surface area contributed by atoms with Crippen LogP contribution < -0.4 is 10.7 Å². The summed E-state index contributed by atoms with van der Waals surface area (Å²) < 4.78 is 5.52. The second-order valence-electron chi connectivity index (χ2n) is 5.43. The lowest BCUT2D eigenvalue weighted by atomic mass is 10.0. The maximum absolute atomic E-state index is 10.0. The Morgan fingerprint density at radius 2 is 2.22 bits per heavy atom. The summed E-state index contributed by atoms with van der Waals surface area (Å²) in [5.41, 5.74) is 3.43. The van der Waals surface area contributed by atoms with Crippen molar-refractivity contribution in [2.75, 3.05) is 13.2 Å². The molecule has 6 heteroatoms. The molecule has 23 heavy (non-hydrogen) atoms. The lowest BCUT2D eigenvalue weighted by molar-refractivity contribution is 0.114. The molecule has 3 rings (SSSR count). The Morgan fingerprint density at radius 3 is 3.04 bits per heavy atom. The highest BCUT2D eigenvalue weighted by Gasteiger charge is 2.15. The van der Waals surface area contributed by atoms with Gasteiger partial charge in [-0.1, -0.05) is 30.3 Å². The van der Waals surface area contributed by atoms with Crippen LogP contribution in [0.15, 0.2) is 41.5 Å². The highest BCUT2D eigenvalue weighted by Crippen LogP contribution is 2.25. The summed E-state index contributed by atoms with van der Waals surface area (Å²) in [5.74, 6) is 0.187. The van der Waals surface area contributed by atoms with Crippen molar-refractivity contribution >= 4 is 34.3 Å². The van der Waals surface area contributed by atoms with E-state index in [9.17, 15) is 5.11 Å². The van der Waals surface area contributed by atoms with E-state index in [0.717, 1.165) is 30.2 Å². The van der Waals surface area contributed by atoms with Crippen LogP contribution in [0.5, 0.6) is 5.75 Å². The second-order valence-corrected chi connectivity index (χ2v) is 5.84. The van der Waals surface area contributed by atoms with E-state index in [0.29, 0.717) is 17.2 Å². The molecule has 0 amide bonds. The first-order valence-corrected chi connectivity index (χ1v) is 8.04. The predicted octanol–water partition coefficient (Wildman–Crippen LogP) is 2.52. The van der Waals surface area contributed by atoms with E-state index in [1.165, 1.54) is 0 Å². The first-order chi connectivity index (χ1) is 11.2. The van der Waals surface area contributed by atoms with Crippen LogP contribution in [0.2, 0.25) is 0 Å². The molecule has 1 aliphatic rings. The number of nitrogens with zero attached hydrogens (tertiary/aromatic N) is 1. The van der Waals surface area contributed by atoms with Crippen LogP contribution in [0.1, 0.15) is 18.4 Å². The van der Waals surface area contributed by atoms with Gasteiger partial charge < -0.3 is 15.2 Å². The predicted molar refractivity (Wildman–Crippen MR) is 95.9 cm³/mol. The van der Waals surface area contributed by atoms with Gasteiger partial charge in [0.25, 0.3) is 0 Å². The number of hydrogen-bond donors (Lipinski definition) is 3. The van der Waals surface area contributed by atoms with Gasteiger partial charge in [0.15, 0.2) is 5.11 Å². The quantitative estimate of drug-likeness (QED) is 0.457. The molecule has 0 radical (unpaired) electrons. The molecular formula is C17H19N3O2S. The smallest absolute Gasteiger partial charge is 0.187 e. The Hall–Kier alpha value is -2.18. The lowest BCUT2D eigenvalue weighted by Crippen LogP contribution is -2.37. The molecule has 1 heterocycles. The molecule has 0 unspecified atom stereocenters. The molecule has 3 N–H and O–H groups in total. The number of phenolic OH excluding ortho intramolecular Hbond substituents is 1. The molecule has 2 aromatic rings. The Morgan fingerprint density at radius 1 is 1.35 bits per heavy atom. The number of nitrogens with one attached hydrogen (secondary N) is 2. The molecule has 0 spiro atoms. The van der Waals surface area contributed by atoms with E-state index < -0.39 is 0 Å². The van der Waals surface area contributed by atoms with Gasteiger partial charge in [-0.3, -0.25) is 5.43 Å². The third-order valence-corrected chi connectivity index (χ3v) is 4.06. The second kappa shape index (κ2) is 7.39. The SMILES string of the molecule is Oc1ccc2ccccc2c1/C=N/NC(=S)NC[C@@H]1CCCO1. The zero-order valence-corrected chi connectivity index (χ0v) is 13.5. The highest BCUT2D eigenvalue weighted by atomic mass is 32.1. The number of aromatic hydroxyl groups is 1. The van der Waals surface area contributed by atoms with Gasteiger partial charge in [0.1, 0.15) is 5.75 Å². The Balaban J connectivity index is 1.61. The molecule has 1 saturated heterocycles. The van der Waals surface area contributed by atoms with Gasteiger partial charge in [-0.15, -0.1) is 0 Å². The van der Waals surface area contributed by atoms with Crippen LogP contribution in [0.25, 0.3) is 10.8 Å². The number of hydrazone groups is 1. The van der Waals surface area contributed by atoms with Crippen molar-refractivity contribution in [3.63, 3.8) is 0 Å². The van der Waals surface area contributed by atoms with Crippen molar-refractivity contribution in [3.8, 4) is 5.75 Å². The summed E-state index contributed by atoms with van der Waals surface area (Å²) in [6.45, 7) is 1.51. The van der Waals surface area contributed by atoms with Gasteiger partial charge in [-0.2, -0.15) is 5.10 Å². The molecule has 0 aliphatic carbocycles. The molecule has 1 aliphatic heterocycles. The molecule has 0 saturated carbocycles. The summed E-state index contributed by atoms with van der Waals surface area (Å²) in [7, 11) is 0. The number of fused-ring (bicyclic) bond motifs is 1. The van der Waals surface area contributed by atoms with Gasteiger partial charge in [0, 0.05) is 18.7 Å². The Labute approximate surface area is 140 Å². The number of hydrogen-bond acceptors (Lipinski definition) is 4. The molecular weight excluding hydrogens is 310 g/mol. The van der Waals surface area contributed by atoms with Gasteiger partial charge in [-0.25, -0.2) is 0 Å². The van der Waals surface area contributed by atoms with Crippen LogP contribution in [0, 0.1) is 0 Å². The van der Waals surface area contributed by atoms with Crippen LogP contribution in [0.3, 0.4) is 0 Å². The minimum atomic E-state index is 0.187. The number of benzene rings is 2. The fourth-order valence-electron chi connectivity index (χ4n) is 2.63. The third kappa shape index (κ3) is 3.97. The minimum absolute atomic E-state index is 0.187. The first-order valence-electron chi connectivity index (χ1n) is 7.63. The summed E-state index contributed by atoms with van der Waals surface area (Å²) >= 11 is 5.18. The molecule has 1 atom stereocenters. The molecule has 0 aromatic heterocycles. The fraction of sp³-hybridized carbons (Fsp3) is 0.294. The fourth-order valence-corrected chi connectivity index (χ4v) is 2.76. The number of thiocarbonyl (C=S) groups is 1. The van der Waals surface area contributed by atoms with E-state index in [4.69, 9.17) is 17.0 Å². The first kappa shape index (κ1) is 15.7. The van der Waals surface area contributed by atoms with E-state index in [1.807, 2.05) is 30.3 Å². The summed E-state index contributed by atoms with van der Waals surface area (Å²) in [6, 6.07) is 11.4. The van der Waals surface area contributed by atoms with E-state index in [2.05, 4.69) is 15.8 Å². The molecule has 2 aromatic carbocycles. The van der Waals surface area contributed by atoms with E-state index in [-0.39, 0.29) is 11.9 Å². The standard InChI is InChI=1S/C17H19N3O2S/c21-16-8-7-12-4-1-2-6-14(12)15(16)11-19-20-17(23)18-10-13-5-3-9-22-13/h1-2,4,6-8,11,13,21H,3,5,9-10H2,(H2,18,20,23)/b19-11+/t13-/m0/s1. The average Bonchev–Trinajstić information content (AvgIpc) is 3.08. The lowest BCUT2D eigenvalue weighted by Gasteiger charge is -2.11. The van der Waals surface area contributed by atoms with Crippen molar-refractivity contribution < 1.29 is 9.84 Å². The summed E-state index contributed by atoms with van der Waals surface area (Å²) in [4.78, 5) is 0. The average molecular weight is 329 g/mol. The van der Waals surface area contributed by atoms with Crippen molar-refractivity contribution in [1.82, 2.24) is 10.7 Å². The number of ether oxygens (including phenoxy) is 1. The van der Waals surface area contributed by atoms with Gasteiger partial charge >= 0.3 is 0 Å². The highest BCUT2D eigenvalue weighted by molar-refractivity contribution is 7.80. The van der Waals surface area contributed by atoms with Crippen molar-refractivity contribution in [1.29, 1.82) is 0 Å². The van der Waals surface area contributed by atoms with Crippen LogP contribution in [-0.2, 0) is 4.74 Å². The normalized spacial score (nSPS) is 17.7. The summed E-state index contributed by atoms with van der Waals surface area (Å²) in [5, 5.41) is 19.7. The zero-order valence-electron chi connectivity index (χ0n) is 12.7. The summed E-state index contributed by atoms with van der Waals surface area (Å²) in [6.07, 6.45) is 3.96. The van der Waals surface area contributed by atoms with E-state index in [1.54, 1.807) is 12.3 Å². The maximum Gasteiger partial charge on any atom is 0.187 e. The Bertz CT molecular complexity index is 727. The number of rotatable bonds is 4. The van der Waals surface area contributed by atoms with Crippen molar-refractivity contribution in [2.24, 2.45) is 5.10 Å². The Kier molecular flexibility index (Phi) is 5.05. The van der Waals surface area contributed by atoms with Crippen LogP contribution in [0.4, 0.5) is 0 Å². The van der Waals surface area contributed by atoms with Gasteiger partial charge in [0.2, 0.25) is 0 Å². The molecule has 1 fully saturated rings. The minimum Gasteiger partial charge on any atom is -0.507 e. The monoisotopic (exact) mass is 329 g/mol. The molecule has 0 bridgehead atoms. The van der Waals surface area contributed by atoms with Crippen LogP contribution in [-0.4, -0.2) is 35.7 Å². The van der Waals surface area contributed by atoms with Gasteiger partial charge in [0.05, 0.1) is 12.3 Å². The molecule has 120 valence electrons. The van der Waals surface area contributed by atoms with Crippen molar-refractivity contribution in [2.45, 2.75) is 18.9 Å². The van der Waals surface area contributed by atoms with Gasteiger partial charge in [-0.05, 0) is 41.9 Å². The van der Waals surface area contributed by atoms with Crippen molar-refractivity contribution in [3.05, 3.63) is 42.0 Å². The maximum atomic E-state index is 10.0. The third-order valence-electron chi connectivity index (χ3n) is 3.82. The number of phenols is 1. The van der Waals surface area contributed by atoms with Crippen LogP contribution >= 0.6 is 12.2 Å². The molecule has 5 nitrogen and oxygen atoms in total. The topological polar surface area (TPSA) is 65.9 Å². The van der Waals surface area contributed by atoms with E-state index >= 15 is 0 Å². The zero-order chi connectivity index (χ0) is 16.1. The largest absolute Gasteiger partial charge is 0.507 e.